The molecule has 1 aromatic carbocycles. The second kappa shape index (κ2) is 7.06. The molecular formula is C15H16ClN3O2. The molecule has 21 heavy (non-hydrogen) atoms. The number of ether oxygens (including phenoxy) is 1. The van der Waals surface area contributed by atoms with Gasteiger partial charge in [0.2, 0.25) is 0 Å². The third-order valence-electron chi connectivity index (χ3n) is 2.96. The van der Waals surface area contributed by atoms with Gasteiger partial charge >= 0.3 is 0 Å². The molecule has 0 atom stereocenters. The highest BCUT2D eigenvalue weighted by molar-refractivity contribution is 6.34. The van der Waals surface area contributed by atoms with Crippen molar-refractivity contribution in [3.8, 4) is 0 Å². The van der Waals surface area contributed by atoms with Gasteiger partial charge in [0.1, 0.15) is 5.82 Å². The third-order valence-corrected chi connectivity index (χ3v) is 3.26. The van der Waals surface area contributed by atoms with Crippen LogP contribution in [-0.4, -0.2) is 24.6 Å². The molecule has 0 saturated heterocycles. The minimum atomic E-state index is -0.320. The zero-order valence-corrected chi connectivity index (χ0v) is 12.4. The first-order valence-corrected chi connectivity index (χ1v) is 6.79. The van der Waals surface area contributed by atoms with Crippen LogP contribution in [0.5, 0.6) is 0 Å². The van der Waals surface area contributed by atoms with Crippen LogP contribution >= 0.6 is 11.6 Å². The molecule has 6 heteroatoms. The minimum absolute atomic E-state index is 0.247. The Kier molecular flexibility index (Phi) is 5.14. The first-order chi connectivity index (χ1) is 10.1. The summed E-state index contributed by atoms with van der Waals surface area (Å²) >= 11 is 5.98. The number of nitrogen functional groups attached to an aromatic ring is 1. The average molecular weight is 306 g/mol. The number of nitrogens with two attached hydrogens (primary N) is 1. The van der Waals surface area contributed by atoms with Gasteiger partial charge in [0, 0.05) is 19.0 Å². The molecule has 2 rings (SSSR count). The summed E-state index contributed by atoms with van der Waals surface area (Å²) in [4.78, 5) is 16.1. The molecule has 110 valence electrons. The number of rotatable bonds is 5. The Labute approximate surface area is 128 Å². The van der Waals surface area contributed by atoms with E-state index in [2.05, 4.69) is 10.3 Å². The largest absolute Gasteiger partial charge is 0.384 e. The van der Waals surface area contributed by atoms with Crippen molar-refractivity contribution in [2.45, 2.75) is 6.42 Å². The van der Waals surface area contributed by atoms with Crippen LogP contribution in [0.1, 0.15) is 15.9 Å². The Balaban J connectivity index is 2.21. The molecule has 0 radical (unpaired) electrons. The number of methoxy groups -OCH3 is 1. The maximum absolute atomic E-state index is 12.3. The summed E-state index contributed by atoms with van der Waals surface area (Å²) in [6, 6.07) is 9.00. The maximum Gasteiger partial charge on any atom is 0.257 e. The van der Waals surface area contributed by atoms with Gasteiger partial charge in [-0.05, 0) is 24.1 Å². The lowest BCUT2D eigenvalue weighted by atomic mass is 10.1. The van der Waals surface area contributed by atoms with Gasteiger partial charge in [0.15, 0.2) is 0 Å². The van der Waals surface area contributed by atoms with Crippen LogP contribution in [0.2, 0.25) is 5.02 Å². The third kappa shape index (κ3) is 3.93. The molecule has 1 aromatic heterocycles. The van der Waals surface area contributed by atoms with E-state index in [4.69, 9.17) is 22.1 Å². The Morgan fingerprint density at radius 3 is 2.95 bits per heavy atom. The highest BCUT2D eigenvalue weighted by Crippen LogP contribution is 2.21. The highest BCUT2D eigenvalue weighted by atomic mass is 35.5. The molecule has 0 saturated carbocycles. The fraction of sp³-hybridized carbons (Fsp3) is 0.200. The number of pyridine rings is 1. The summed E-state index contributed by atoms with van der Waals surface area (Å²) in [5.74, 6) is -0.0730. The summed E-state index contributed by atoms with van der Waals surface area (Å²) in [7, 11) is 1.64. The van der Waals surface area contributed by atoms with E-state index in [0.717, 1.165) is 11.3 Å². The van der Waals surface area contributed by atoms with Gasteiger partial charge in [0.05, 0.1) is 17.2 Å². The molecule has 5 nitrogen and oxygen atoms in total. The fourth-order valence-corrected chi connectivity index (χ4v) is 2.08. The Hall–Kier alpha value is -2.11. The molecule has 0 unspecified atom stereocenters. The number of carbonyl (C=O) groups is 1. The number of benzene rings is 1. The van der Waals surface area contributed by atoms with Crippen molar-refractivity contribution in [2.75, 3.05) is 24.8 Å². The van der Waals surface area contributed by atoms with Gasteiger partial charge in [-0.2, -0.15) is 0 Å². The molecule has 1 amide bonds. The van der Waals surface area contributed by atoms with E-state index < -0.39 is 0 Å². The van der Waals surface area contributed by atoms with E-state index in [1.165, 1.54) is 12.3 Å². The molecule has 1 heterocycles. The van der Waals surface area contributed by atoms with Gasteiger partial charge in [-0.15, -0.1) is 0 Å². The van der Waals surface area contributed by atoms with Crippen LogP contribution in [0, 0.1) is 0 Å². The summed E-state index contributed by atoms with van der Waals surface area (Å²) < 4.78 is 5.07. The number of halogens is 1. The molecule has 0 bridgehead atoms. The first kappa shape index (κ1) is 15.3. The van der Waals surface area contributed by atoms with Crippen LogP contribution in [-0.2, 0) is 11.2 Å². The second-order valence-corrected chi connectivity index (χ2v) is 4.85. The Morgan fingerprint density at radius 2 is 2.19 bits per heavy atom. The van der Waals surface area contributed by atoms with Crippen LogP contribution < -0.4 is 11.1 Å². The van der Waals surface area contributed by atoms with Crippen molar-refractivity contribution in [1.29, 1.82) is 0 Å². The number of anilines is 2. The Bertz CT molecular complexity index is 647. The van der Waals surface area contributed by atoms with Crippen LogP contribution in [0.3, 0.4) is 0 Å². The van der Waals surface area contributed by atoms with Crippen molar-refractivity contribution in [3.63, 3.8) is 0 Å². The molecule has 0 aliphatic heterocycles. The molecule has 2 aromatic rings. The zero-order valence-electron chi connectivity index (χ0n) is 11.6. The number of aromatic nitrogens is 1. The molecule has 0 aliphatic carbocycles. The van der Waals surface area contributed by atoms with Crippen molar-refractivity contribution in [2.24, 2.45) is 0 Å². The standard InChI is InChI=1S/C15H16ClN3O2/c1-21-7-6-10-4-2-3-5-13(10)19-15(20)11-8-14(17)18-9-12(11)16/h2-5,8-9H,6-7H2,1H3,(H2,17,18)(H,19,20). The number of nitrogens with zero attached hydrogens (tertiary/aromatic N) is 1. The smallest absolute Gasteiger partial charge is 0.257 e. The summed E-state index contributed by atoms with van der Waals surface area (Å²) in [6.45, 7) is 0.579. The SMILES string of the molecule is COCCc1ccccc1NC(=O)c1cc(N)ncc1Cl. The van der Waals surface area contributed by atoms with E-state index in [-0.39, 0.29) is 16.7 Å². The lowest BCUT2D eigenvalue weighted by Gasteiger charge is -2.11. The normalized spacial score (nSPS) is 10.4. The number of hydrogen-bond donors (Lipinski definition) is 2. The average Bonchev–Trinajstić information content (AvgIpc) is 2.48. The summed E-state index contributed by atoms with van der Waals surface area (Å²) in [5.41, 5.74) is 7.60. The molecule has 0 fully saturated rings. The second-order valence-electron chi connectivity index (χ2n) is 4.44. The quantitative estimate of drug-likeness (QED) is 0.890. The monoisotopic (exact) mass is 305 g/mol. The van der Waals surface area contributed by atoms with E-state index in [1.54, 1.807) is 7.11 Å². The number of para-hydroxylation sites is 1. The van der Waals surface area contributed by atoms with Crippen molar-refractivity contribution in [1.82, 2.24) is 4.98 Å². The van der Waals surface area contributed by atoms with Crippen molar-refractivity contribution in [3.05, 3.63) is 52.7 Å². The van der Waals surface area contributed by atoms with Crippen LogP contribution in [0.4, 0.5) is 11.5 Å². The highest BCUT2D eigenvalue weighted by Gasteiger charge is 2.13. The molecule has 3 N–H and O–H groups in total. The van der Waals surface area contributed by atoms with E-state index >= 15 is 0 Å². The van der Waals surface area contributed by atoms with Gasteiger partial charge in [-0.25, -0.2) is 4.98 Å². The molecule has 0 aliphatic rings. The topological polar surface area (TPSA) is 77.2 Å². The van der Waals surface area contributed by atoms with Gasteiger partial charge in [-0.1, -0.05) is 29.8 Å². The van der Waals surface area contributed by atoms with Crippen molar-refractivity contribution >= 4 is 29.0 Å². The predicted octanol–water partition coefficient (Wildman–Crippen LogP) is 2.76. The van der Waals surface area contributed by atoms with Gasteiger partial charge in [0.25, 0.3) is 5.91 Å². The van der Waals surface area contributed by atoms with E-state index in [0.29, 0.717) is 18.6 Å². The maximum atomic E-state index is 12.3. The molecular weight excluding hydrogens is 290 g/mol. The molecule has 0 spiro atoms. The lowest BCUT2D eigenvalue weighted by molar-refractivity contribution is 0.102. The first-order valence-electron chi connectivity index (χ1n) is 6.41. The lowest BCUT2D eigenvalue weighted by Crippen LogP contribution is -2.15. The van der Waals surface area contributed by atoms with Gasteiger partial charge in [-0.3, -0.25) is 4.79 Å². The zero-order chi connectivity index (χ0) is 15.2. The number of hydrogen-bond acceptors (Lipinski definition) is 4. The number of amides is 1. The number of carbonyl (C=O) groups excluding carboxylic acids is 1. The van der Waals surface area contributed by atoms with E-state index in [1.807, 2.05) is 24.3 Å². The van der Waals surface area contributed by atoms with E-state index in [9.17, 15) is 4.79 Å². The summed E-state index contributed by atoms with van der Waals surface area (Å²) in [6.07, 6.45) is 2.07. The van der Waals surface area contributed by atoms with Gasteiger partial charge < -0.3 is 15.8 Å². The minimum Gasteiger partial charge on any atom is -0.384 e. The summed E-state index contributed by atoms with van der Waals surface area (Å²) in [5, 5.41) is 3.10. The Morgan fingerprint density at radius 1 is 1.43 bits per heavy atom. The fourth-order valence-electron chi connectivity index (χ4n) is 1.89. The van der Waals surface area contributed by atoms with Crippen LogP contribution in [0.15, 0.2) is 36.5 Å². The van der Waals surface area contributed by atoms with Crippen LogP contribution in [0.25, 0.3) is 0 Å². The predicted molar refractivity (Wildman–Crippen MR) is 83.6 cm³/mol. The van der Waals surface area contributed by atoms with Crippen molar-refractivity contribution < 1.29 is 9.53 Å². The number of nitrogens with one attached hydrogen (secondary N) is 1.